The Hall–Kier alpha value is -0.160. The average molecular weight is 132 g/mol. The zero-order chi connectivity index (χ0) is 0. The van der Waals surface area contributed by atoms with E-state index in [2.05, 4.69) is 0 Å². The molecule has 0 rings (SSSR count). The minimum absolute atomic E-state index is 0. The molecule has 0 spiro atoms. The first kappa shape index (κ1) is 14300. The Labute approximate surface area is 55.4 Å². The molecule has 0 bridgehead atoms. The average Bonchev–Trinajstić information content (AvgIpc) is 0. The van der Waals surface area contributed by atoms with Gasteiger partial charge in [0.15, 0.2) is 0 Å². The summed E-state index contributed by atoms with van der Waals surface area (Å²) < 4.78 is 0. The highest BCUT2D eigenvalue weighted by Crippen LogP contribution is 0.0843. The minimum atomic E-state index is 0. The zero-order valence-electron chi connectivity index (χ0n) is 8.00. The molecule has 64 valence electrons. The summed E-state index contributed by atoms with van der Waals surface area (Å²) in [5.74, 6) is 0. The van der Waals surface area contributed by atoms with Crippen molar-refractivity contribution in [3.63, 3.8) is 0 Å². The van der Waals surface area contributed by atoms with Gasteiger partial charge in [-0.1, -0.05) is 0 Å². The molecular formula is C4H28N4. The third-order valence-electron chi connectivity index (χ3n) is 0. The first-order chi connectivity index (χ1) is 0. The minimum Gasteiger partial charge on any atom is -0.369 e. The molecule has 4 heteroatoms. The van der Waals surface area contributed by atoms with Crippen molar-refractivity contribution in [3.05, 3.63) is 29.7 Å². The van der Waals surface area contributed by atoms with E-state index in [4.69, 9.17) is 0 Å². The van der Waals surface area contributed by atoms with Crippen LogP contribution >= 0.6 is 0 Å². The largest absolute Gasteiger partial charge is 0.369 e. The van der Waals surface area contributed by atoms with Gasteiger partial charge in [-0.05, 0) is 0 Å². The van der Waals surface area contributed by atoms with E-state index >= 15 is 0 Å². The van der Waals surface area contributed by atoms with Crippen LogP contribution in [-0.4, -0.2) is 0 Å². The van der Waals surface area contributed by atoms with Crippen molar-refractivity contribution in [1.82, 2.24) is 24.6 Å². The van der Waals surface area contributed by atoms with Crippen molar-refractivity contribution in [2.75, 3.05) is 0 Å². The molecule has 0 saturated carbocycles. The third-order valence-corrected chi connectivity index (χ3v) is 0. The van der Waals surface area contributed by atoms with Gasteiger partial charge in [-0.2, -0.15) is 0 Å². The molecule has 0 aliphatic rings. The highest BCUT2D eigenvalue weighted by molar-refractivity contribution is 3.25. The van der Waals surface area contributed by atoms with Crippen molar-refractivity contribution in [2.24, 2.45) is 0 Å². The van der Waals surface area contributed by atoms with Gasteiger partial charge in [0.25, 0.3) is 0 Å². The Morgan fingerprint density at radius 1 is 0.250 bits per heavy atom. The number of rotatable bonds is 0. The SMILES string of the molecule is [CH3-].[CH3-].[CH3-].[CH3-].[NH4+].[NH4+].[NH4+].[NH4+]. The summed E-state index contributed by atoms with van der Waals surface area (Å²) in [5, 5.41) is 0. The van der Waals surface area contributed by atoms with Gasteiger partial charge in [0.1, 0.15) is 0 Å². The van der Waals surface area contributed by atoms with Crippen molar-refractivity contribution in [3.8, 4) is 0 Å². The van der Waals surface area contributed by atoms with E-state index in [1.54, 1.807) is 0 Å². The zero-order valence-corrected chi connectivity index (χ0v) is 8.00. The fourth-order valence-electron chi connectivity index (χ4n) is 0. The summed E-state index contributed by atoms with van der Waals surface area (Å²) >= 11 is 0. The highest BCUT2D eigenvalue weighted by atomic mass is 14.0. The van der Waals surface area contributed by atoms with E-state index < -0.39 is 0 Å². The van der Waals surface area contributed by atoms with Crippen LogP contribution in [-0.2, 0) is 0 Å². The summed E-state index contributed by atoms with van der Waals surface area (Å²) in [6, 6.07) is 0. The molecule has 0 fully saturated rings. The molecule has 0 aromatic heterocycles. The maximum absolute atomic E-state index is 0. The molecule has 0 aliphatic heterocycles. The van der Waals surface area contributed by atoms with E-state index in [1.807, 2.05) is 0 Å². The van der Waals surface area contributed by atoms with Crippen LogP contribution in [0.4, 0.5) is 0 Å². The van der Waals surface area contributed by atoms with Gasteiger partial charge in [0.05, 0.1) is 0 Å². The van der Waals surface area contributed by atoms with Gasteiger partial charge >= 0.3 is 0 Å². The fraction of sp³-hybridized carbons (Fsp3) is 0. The molecule has 0 atom stereocenters. The quantitative estimate of drug-likeness (QED) is 0.358. The van der Waals surface area contributed by atoms with Crippen LogP contribution in [0.5, 0.6) is 0 Å². The highest BCUT2D eigenvalue weighted by Gasteiger charge is -0.354. The van der Waals surface area contributed by atoms with Crippen LogP contribution in [0.15, 0.2) is 0 Å². The van der Waals surface area contributed by atoms with Gasteiger partial charge in [0.2, 0.25) is 0 Å². The van der Waals surface area contributed by atoms with Crippen molar-refractivity contribution >= 4 is 0 Å². The summed E-state index contributed by atoms with van der Waals surface area (Å²) in [7, 11) is 0. The van der Waals surface area contributed by atoms with E-state index in [0.29, 0.717) is 0 Å². The summed E-state index contributed by atoms with van der Waals surface area (Å²) in [6.07, 6.45) is 0. The lowest BCUT2D eigenvalue weighted by molar-refractivity contribution is 2.13. The number of hydrogen-bond donors (Lipinski definition) is 4. The Morgan fingerprint density at radius 3 is 0.250 bits per heavy atom. The second-order valence-electron chi connectivity index (χ2n) is 0. The molecule has 0 aromatic carbocycles. The van der Waals surface area contributed by atoms with E-state index in [1.165, 1.54) is 0 Å². The van der Waals surface area contributed by atoms with E-state index in [-0.39, 0.29) is 54.3 Å². The second kappa shape index (κ2) is 9110. The Balaban J connectivity index is 0. The van der Waals surface area contributed by atoms with Gasteiger partial charge in [-0.15, -0.1) is 0 Å². The molecular weight excluding hydrogens is 104 g/mol. The number of quaternary nitrogens is 4. The van der Waals surface area contributed by atoms with Crippen LogP contribution in [0.1, 0.15) is 0 Å². The lowest BCUT2D eigenvalue weighted by Gasteiger charge is -0.370. The molecule has 16 N–H and O–H groups in total. The van der Waals surface area contributed by atoms with Crippen LogP contribution < -0.4 is 24.6 Å². The molecule has 8 heavy (non-hydrogen) atoms. The monoisotopic (exact) mass is 132 g/mol. The van der Waals surface area contributed by atoms with Crippen molar-refractivity contribution in [2.45, 2.75) is 0 Å². The Kier molecular flexibility index (Phi) is 16300000. The predicted molar refractivity (Wildman–Crippen MR) is 49.6 cm³/mol. The van der Waals surface area contributed by atoms with E-state index in [9.17, 15) is 0 Å². The first-order valence-electron chi connectivity index (χ1n) is 0. The molecule has 4 nitrogen and oxygen atoms in total. The summed E-state index contributed by atoms with van der Waals surface area (Å²) in [4.78, 5) is 0. The molecule has 0 unspecified atom stereocenters. The molecule has 0 aromatic rings. The lowest BCUT2D eigenvalue weighted by Crippen LogP contribution is -0.482. The van der Waals surface area contributed by atoms with Gasteiger partial charge in [-0.3, -0.25) is 0 Å². The van der Waals surface area contributed by atoms with Crippen molar-refractivity contribution < 1.29 is 0 Å². The summed E-state index contributed by atoms with van der Waals surface area (Å²) in [6.45, 7) is 0. The second-order valence-corrected chi connectivity index (χ2v) is 0. The Morgan fingerprint density at radius 2 is 0.250 bits per heavy atom. The first-order valence-corrected chi connectivity index (χ1v) is 0. The standard InChI is InChI=1S/4CH3.4H3N/h8*1H3/q4*-1;;;;/p+4. The van der Waals surface area contributed by atoms with Crippen molar-refractivity contribution in [1.29, 1.82) is 0 Å². The maximum Gasteiger partial charge on any atom is -0.358 e. The molecule has 0 saturated heterocycles. The fourth-order valence-corrected chi connectivity index (χ4v) is 0. The Bertz CT molecular complexity index is 8.00. The van der Waals surface area contributed by atoms with Gasteiger partial charge < -0.3 is 54.3 Å². The lowest BCUT2D eigenvalue weighted by atomic mass is 12.0. The molecule has 0 radical (unpaired) electrons. The van der Waals surface area contributed by atoms with Crippen LogP contribution in [0.2, 0.25) is 0 Å². The number of hydrogen-bond acceptors (Lipinski definition) is 0. The normalized spacial score (nSPS) is 0. The predicted octanol–water partition coefficient (Wildman–Crippen LogP) is 3.31. The topological polar surface area (TPSA) is 146 Å². The molecule has 0 heterocycles. The van der Waals surface area contributed by atoms with Crippen LogP contribution in [0, 0.1) is 29.7 Å². The smallest absolute Gasteiger partial charge is 0.358 e. The molecule has 0 aliphatic carbocycles. The van der Waals surface area contributed by atoms with Crippen LogP contribution in [0.25, 0.3) is 0 Å². The van der Waals surface area contributed by atoms with Gasteiger partial charge in [-0.25, -0.2) is 0 Å². The maximum atomic E-state index is 0. The summed E-state index contributed by atoms with van der Waals surface area (Å²) in [5.41, 5.74) is 0. The van der Waals surface area contributed by atoms with Crippen LogP contribution in [0.3, 0.4) is 0 Å². The molecule has 0 amide bonds. The van der Waals surface area contributed by atoms with E-state index in [0.717, 1.165) is 0 Å². The van der Waals surface area contributed by atoms with Gasteiger partial charge in [0, 0.05) is 0 Å². The third kappa shape index (κ3) is 5340.